The molecule has 0 amide bonds. The van der Waals surface area contributed by atoms with Crippen molar-refractivity contribution in [2.75, 3.05) is 11.5 Å². The number of aromatic nitrogens is 4. The fourth-order valence-electron chi connectivity index (χ4n) is 5.45. The predicted octanol–water partition coefficient (Wildman–Crippen LogP) is 2.58. The van der Waals surface area contributed by atoms with Crippen molar-refractivity contribution in [3.8, 4) is 0 Å². The van der Waals surface area contributed by atoms with Crippen molar-refractivity contribution in [3.05, 3.63) is 53.2 Å². The number of anilines is 2. The summed E-state index contributed by atoms with van der Waals surface area (Å²) in [6.45, 7) is 0. The van der Waals surface area contributed by atoms with Gasteiger partial charge in [-0.15, -0.1) is 0 Å². The molecule has 3 aromatic heterocycles. The van der Waals surface area contributed by atoms with E-state index in [0.717, 1.165) is 16.5 Å². The second-order valence-corrected chi connectivity index (χ2v) is 9.52. The first-order valence-corrected chi connectivity index (χ1v) is 11.3. The summed E-state index contributed by atoms with van der Waals surface area (Å²) in [4.78, 5) is 12.3. The standard InChI is InChI=1S/C23H22ClFN6O3/c24-13-7-11-2-1-10(6-15(11)30-19(13)26)5-12-3-4-23(33)17(32)22(34-18(12)23)31-8-14(25)16-20(27)28-9-29-21(16)31/h1-2,6-9,12,17-18,22,32-33H,3-5H2,(H2,26,30)(H2,27,28,29)/t12-,17?,18+,22+,23-/m0/s1. The van der Waals surface area contributed by atoms with E-state index >= 15 is 0 Å². The van der Waals surface area contributed by atoms with E-state index in [-0.39, 0.29) is 28.6 Å². The number of nitrogens with zero attached hydrogens (tertiary/aromatic N) is 4. The van der Waals surface area contributed by atoms with Gasteiger partial charge < -0.3 is 31.0 Å². The van der Waals surface area contributed by atoms with Gasteiger partial charge in [0, 0.05) is 11.6 Å². The SMILES string of the molecule is Nc1nc2cc(C[C@@H]3CC[C@]4(O)C(O)[C@H](n5cc(F)c6c(N)ncnc65)O[C@H]34)ccc2cc1Cl. The summed E-state index contributed by atoms with van der Waals surface area (Å²) in [6.07, 6.45) is 1.08. The maximum Gasteiger partial charge on any atom is 0.164 e. The van der Waals surface area contributed by atoms with Crippen LogP contribution in [0.5, 0.6) is 0 Å². The third-order valence-electron chi connectivity index (χ3n) is 7.13. The van der Waals surface area contributed by atoms with Crippen LogP contribution in [0.25, 0.3) is 21.9 Å². The Morgan fingerprint density at radius 1 is 1.24 bits per heavy atom. The molecule has 0 spiro atoms. The number of halogens is 2. The molecule has 34 heavy (non-hydrogen) atoms. The Morgan fingerprint density at radius 3 is 2.88 bits per heavy atom. The van der Waals surface area contributed by atoms with Gasteiger partial charge in [0.15, 0.2) is 17.7 Å². The van der Waals surface area contributed by atoms with Crippen LogP contribution in [0.15, 0.2) is 36.8 Å². The van der Waals surface area contributed by atoms with Gasteiger partial charge in [-0.2, -0.15) is 0 Å². The van der Waals surface area contributed by atoms with E-state index < -0.39 is 29.9 Å². The molecule has 1 aromatic carbocycles. The minimum Gasteiger partial charge on any atom is -0.385 e. The van der Waals surface area contributed by atoms with Crippen LogP contribution in [0.2, 0.25) is 5.02 Å². The zero-order chi connectivity index (χ0) is 23.8. The van der Waals surface area contributed by atoms with Crippen LogP contribution in [0.3, 0.4) is 0 Å². The number of nitrogens with two attached hydrogens (primary N) is 2. The number of fused-ring (bicyclic) bond motifs is 3. The summed E-state index contributed by atoms with van der Waals surface area (Å²) in [6, 6.07) is 7.62. The summed E-state index contributed by atoms with van der Waals surface area (Å²) in [5, 5.41) is 23.8. The van der Waals surface area contributed by atoms with Crippen LogP contribution in [0.4, 0.5) is 16.0 Å². The van der Waals surface area contributed by atoms with Gasteiger partial charge in [-0.3, -0.25) is 0 Å². The number of rotatable bonds is 3. The van der Waals surface area contributed by atoms with E-state index in [0.29, 0.717) is 24.3 Å². The first kappa shape index (κ1) is 21.5. The second kappa shape index (κ2) is 7.47. The highest BCUT2D eigenvalue weighted by molar-refractivity contribution is 6.33. The summed E-state index contributed by atoms with van der Waals surface area (Å²) in [7, 11) is 0. The molecule has 0 radical (unpaired) electrons. The largest absolute Gasteiger partial charge is 0.385 e. The smallest absolute Gasteiger partial charge is 0.164 e. The molecular formula is C23H22ClFN6O3. The Bertz CT molecular complexity index is 1450. The topological polar surface area (TPSA) is 145 Å². The lowest BCUT2D eigenvalue weighted by atomic mass is 9.90. The van der Waals surface area contributed by atoms with Crippen LogP contribution < -0.4 is 11.5 Å². The molecule has 1 saturated heterocycles. The van der Waals surface area contributed by atoms with E-state index in [1.165, 1.54) is 17.1 Å². The van der Waals surface area contributed by atoms with Gasteiger partial charge in [0.25, 0.3) is 0 Å². The molecule has 2 aliphatic rings. The minimum atomic E-state index is -1.46. The van der Waals surface area contributed by atoms with E-state index in [1.807, 2.05) is 18.2 Å². The molecule has 6 rings (SSSR count). The molecule has 4 aromatic rings. The molecule has 1 aliphatic carbocycles. The first-order chi connectivity index (χ1) is 16.3. The zero-order valence-corrected chi connectivity index (χ0v) is 18.7. The summed E-state index contributed by atoms with van der Waals surface area (Å²) in [5.74, 6) is -0.426. The Morgan fingerprint density at radius 2 is 2.06 bits per heavy atom. The van der Waals surface area contributed by atoms with Gasteiger partial charge in [0.1, 0.15) is 29.7 Å². The van der Waals surface area contributed by atoms with Gasteiger partial charge in [0.05, 0.1) is 22.0 Å². The van der Waals surface area contributed by atoms with Crippen molar-refractivity contribution < 1.29 is 19.3 Å². The van der Waals surface area contributed by atoms with E-state index in [9.17, 15) is 14.6 Å². The highest BCUT2D eigenvalue weighted by atomic mass is 35.5. The molecule has 4 heterocycles. The lowest BCUT2D eigenvalue weighted by Gasteiger charge is -2.26. The summed E-state index contributed by atoms with van der Waals surface area (Å²) >= 11 is 6.07. The number of hydrogen-bond donors (Lipinski definition) is 4. The molecule has 11 heteroatoms. The van der Waals surface area contributed by atoms with Crippen molar-refractivity contribution in [1.82, 2.24) is 19.5 Å². The molecule has 1 saturated carbocycles. The van der Waals surface area contributed by atoms with Gasteiger partial charge in [0.2, 0.25) is 0 Å². The monoisotopic (exact) mass is 484 g/mol. The quantitative estimate of drug-likeness (QED) is 0.347. The number of aliphatic hydroxyl groups excluding tert-OH is 1. The van der Waals surface area contributed by atoms with E-state index in [1.54, 1.807) is 6.07 Å². The van der Waals surface area contributed by atoms with Crippen LogP contribution in [-0.4, -0.2) is 47.5 Å². The maximum atomic E-state index is 14.6. The Kier molecular flexibility index (Phi) is 4.72. The van der Waals surface area contributed by atoms with Crippen molar-refractivity contribution in [2.45, 2.75) is 43.3 Å². The Labute approximate surface area is 198 Å². The third-order valence-corrected chi connectivity index (χ3v) is 7.43. The van der Waals surface area contributed by atoms with E-state index in [2.05, 4.69) is 15.0 Å². The molecule has 5 atom stereocenters. The van der Waals surface area contributed by atoms with Crippen LogP contribution in [0, 0.1) is 11.7 Å². The number of nitrogen functional groups attached to an aromatic ring is 2. The summed E-state index contributed by atoms with van der Waals surface area (Å²) in [5.41, 5.74) is 12.1. The van der Waals surface area contributed by atoms with Crippen LogP contribution in [-0.2, 0) is 11.2 Å². The zero-order valence-electron chi connectivity index (χ0n) is 17.9. The highest BCUT2D eigenvalue weighted by Gasteiger charge is 2.61. The molecule has 176 valence electrons. The third kappa shape index (κ3) is 3.06. The fraction of sp³-hybridized carbons (Fsp3) is 0.348. The van der Waals surface area contributed by atoms with Crippen molar-refractivity contribution in [3.63, 3.8) is 0 Å². The average molecular weight is 485 g/mol. The fourth-order valence-corrected chi connectivity index (χ4v) is 5.61. The first-order valence-electron chi connectivity index (χ1n) is 10.9. The van der Waals surface area contributed by atoms with Gasteiger partial charge in [-0.05, 0) is 42.9 Å². The maximum absolute atomic E-state index is 14.6. The highest BCUT2D eigenvalue weighted by Crippen LogP contribution is 2.51. The minimum absolute atomic E-state index is 0.00245. The van der Waals surface area contributed by atoms with Crippen molar-refractivity contribution >= 4 is 45.2 Å². The van der Waals surface area contributed by atoms with Gasteiger partial charge in [-0.25, -0.2) is 19.3 Å². The number of pyridine rings is 1. The molecular weight excluding hydrogens is 463 g/mol. The molecule has 0 bridgehead atoms. The molecule has 9 nitrogen and oxygen atoms in total. The van der Waals surface area contributed by atoms with Gasteiger partial charge in [-0.1, -0.05) is 23.7 Å². The predicted molar refractivity (Wildman–Crippen MR) is 124 cm³/mol. The average Bonchev–Trinajstić information content (AvgIpc) is 3.39. The Hall–Kier alpha value is -3.05. The van der Waals surface area contributed by atoms with Crippen LogP contribution in [0.1, 0.15) is 24.6 Å². The number of benzene rings is 1. The van der Waals surface area contributed by atoms with E-state index in [4.69, 9.17) is 27.8 Å². The number of aliphatic hydroxyl groups is 2. The Balaban J connectivity index is 1.31. The molecule has 6 N–H and O–H groups in total. The molecule has 1 unspecified atom stereocenters. The molecule has 2 fully saturated rings. The summed E-state index contributed by atoms with van der Waals surface area (Å²) < 4.78 is 22.2. The van der Waals surface area contributed by atoms with Crippen molar-refractivity contribution in [1.29, 1.82) is 0 Å². The molecule has 1 aliphatic heterocycles. The normalized spacial score (nSPS) is 28.7. The lowest BCUT2D eigenvalue weighted by molar-refractivity contribution is -0.0675. The lowest BCUT2D eigenvalue weighted by Crippen LogP contribution is -2.45. The number of hydrogen-bond acceptors (Lipinski definition) is 8. The van der Waals surface area contributed by atoms with Crippen LogP contribution >= 0.6 is 11.6 Å². The van der Waals surface area contributed by atoms with Gasteiger partial charge >= 0.3 is 0 Å². The second-order valence-electron chi connectivity index (χ2n) is 9.11. The number of ether oxygens (including phenoxy) is 1. The van der Waals surface area contributed by atoms with Crippen molar-refractivity contribution in [2.24, 2.45) is 5.92 Å².